The molecule has 134 valence electrons. The highest BCUT2D eigenvalue weighted by atomic mass is 19.4. The van der Waals surface area contributed by atoms with Crippen LogP contribution in [-0.2, 0) is 6.18 Å². The van der Waals surface area contributed by atoms with Crippen LogP contribution in [0.5, 0.6) is 0 Å². The molecule has 0 atom stereocenters. The molecule has 0 saturated carbocycles. The maximum Gasteiger partial charge on any atom is 0.416 e. The molecular formula is C16H12F3N5O2. The highest BCUT2D eigenvalue weighted by Gasteiger charge is 2.29. The normalized spacial score (nSPS) is 11.2. The molecule has 3 aromatic rings. The Hall–Kier alpha value is -3.43. The lowest BCUT2D eigenvalue weighted by molar-refractivity contribution is -0.137. The van der Waals surface area contributed by atoms with E-state index in [9.17, 15) is 18.0 Å². The summed E-state index contributed by atoms with van der Waals surface area (Å²) in [4.78, 5) is 19.9. The number of nitrogens with one attached hydrogen (secondary N) is 2. The predicted molar refractivity (Wildman–Crippen MR) is 86.0 cm³/mol. The Morgan fingerprint density at radius 2 is 1.81 bits per heavy atom. The molecular weight excluding hydrogens is 351 g/mol. The molecule has 0 saturated heterocycles. The fourth-order valence-electron chi connectivity index (χ4n) is 2.05. The second kappa shape index (κ2) is 6.82. The smallest absolute Gasteiger partial charge is 0.360 e. The van der Waals surface area contributed by atoms with Gasteiger partial charge in [-0.25, -0.2) is 9.97 Å². The van der Waals surface area contributed by atoms with Crippen molar-refractivity contribution in [3.8, 4) is 0 Å². The molecule has 26 heavy (non-hydrogen) atoms. The van der Waals surface area contributed by atoms with Crippen molar-refractivity contribution in [1.29, 1.82) is 0 Å². The first-order chi connectivity index (χ1) is 12.3. The van der Waals surface area contributed by atoms with E-state index >= 15 is 0 Å². The summed E-state index contributed by atoms with van der Waals surface area (Å²) in [5.41, 5.74) is -0.320. The summed E-state index contributed by atoms with van der Waals surface area (Å²) < 4.78 is 42.6. The summed E-state index contributed by atoms with van der Waals surface area (Å²) in [6, 6.07) is 7.33. The van der Waals surface area contributed by atoms with Gasteiger partial charge < -0.3 is 15.2 Å². The lowest BCUT2D eigenvalue weighted by atomic mass is 10.2. The Morgan fingerprint density at radius 3 is 2.42 bits per heavy atom. The van der Waals surface area contributed by atoms with Gasteiger partial charge in [0.25, 0.3) is 5.91 Å². The highest BCUT2D eigenvalue weighted by molar-refractivity contribution is 6.02. The summed E-state index contributed by atoms with van der Waals surface area (Å²) in [7, 11) is 0. The number of nitrogens with zero attached hydrogens (tertiary/aromatic N) is 3. The molecule has 2 heterocycles. The number of alkyl halides is 3. The average molecular weight is 363 g/mol. The molecule has 2 aromatic heterocycles. The van der Waals surface area contributed by atoms with E-state index in [1.165, 1.54) is 18.2 Å². The lowest BCUT2D eigenvalue weighted by Crippen LogP contribution is -2.14. The maximum atomic E-state index is 12.6. The quantitative estimate of drug-likeness (QED) is 0.733. The first-order valence-corrected chi connectivity index (χ1v) is 7.32. The van der Waals surface area contributed by atoms with Crippen LogP contribution in [0.15, 0.2) is 47.2 Å². The number of carbonyl (C=O) groups excluding carboxylic acids is 1. The molecule has 3 rings (SSSR count). The Morgan fingerprint density at radius 1 is 1.08 bits per heavy atom. The van der Waals surface area contributed by atoms with E-state index in [0.29, 0.717) is 11.4 Å². The third-order valence-corrected chi connectivity index (χ3v) is 3.25. The molecule has 1 amide bonds. The Bertz CT molecular complexity index is 922. The Balaban J connectivity index is 1.72. The monoisotopic (exact) mass is 363 g/mol. The van der Waals surface area contributed by atoms with Crippen molar-refractivity contribution < 1.29 is 22.5 Å². The average Bonchev–Trinajstić information content (AvgIpc) is 2.99. The second-order valence-corrected chi connectivity index (χ2v) is 5.27. The van der Waals surface area contributed by atoms with Crippen molar-refractivity contribution in [2.24, 2.45) is 0 Å². The van der Waals surface area contributed by atoms with Crippen LogP contribution in [0.4, 0.5) is 30.5 Å². The zero-order chi connectivity index (χ0) is 18.7. The maximum absolute atomic E-state index is 12.6. The third kappa shape index (κ3) is 4.15. The first-order valence-electron chi connectivity index (χ1n) is 7.32. The zero-order valence-corrected chi connectivity index (χ0v) is 13.3. The van der Waals surface area contributed by atoms with Gasteiger partial charge in [-0.05, 0) is 31.2 Å². The number of rotatable bonds is 4. The van der Waals surface area contributed by atoms with Gasteiger partial charge in [0.1, 0.15) is 23.6 Å². The van der Waals surface area contributed by atoms with Crippen molar-refractivity contribution in [3.05, 3.63) is 59.7 Å². The number of hydrogen-bond donors (Lipinski definition) is 2. The molecule has 10 heteroatoms. The molecule has 1 aromatic carbocycles. The van der Waals surface area contributed by atoms with Crippen molar-refractivity contribution in [1.82, 2.24) is 15.1 Å². The molecule has 7 nitrogen and oxygen atoms in total. The SMILES string of the molecule is Cc1cc(NC(=O)c2cc(Nc3ccc(C(F)(F)F)cc3)ncn2)no1. The fourth-order valence-corrected chi connectivity index (χ4v) is 2.05. The van der Waals surface area contributed by atoms with Crippen molar-refractivity contribution in [2.75, 3.05) is 10.6 Å². The number of aryl methyl sites for hydroxylation is 1. The van der Waals surface area contributed by atoms with Gasteiger partial charge in [-0.1, -0.05) is 5.16 Å². The molecule has 0 bridgehead atoms. The fraction of sp³-hybridized carbons (Fsp3) is 0.125. The highest BCUT2D eigenvalue weighted by Crippen LogP contribution is 2.30. The first kappa shape index (κ1) is 17.4. The number of hydrogen-bond acceptors (Lipinski definition) is 6. The molecule has 0 aliphatic heterocycles. The molecule has 2 N–H and O–H groups in total. The van der Waals surface area contributed by atoms with Crippen LogP contribution in [0, 0.1) is 6.92 Å². The van der Waals surface area contributed by atoms with E-state index in [2.05, 4.69) is 25.8 Å². The van der Waals surface area contributed by atoms with E-state index in [1.54, 1.807) is 13.0 Å². The van der Waals surface area contributed by atoms with Crippen LogP contribution in [0.3, 0.4) is 0 Å². The van der Waals surface area contributed by atoms with Crippen molar-refractivity contribution in [3.63, 3.8) is 0 Å². The Kier molecular flexibility index (Phi) is 4.57. The standard InChI is InChI=1S/C16H12F3N5O2/c1-9-6-14(24-26-9)23-15(25)12-7-13(21-8-20-12)22-11-4-2-10(3-5-11)16(17,18)19/h2-8H,1H3,(H,20,21,22)(H,23,24,25). The van der Waals surface area contributed by atoms with E-state index in [0.717, 1.165) is 18.5 Å². The number of aromatic nitrogens is 3. The summed E-state index contributed by atoms with van der Waals surface area (Å²) in [5, 5.41) is 8.96. The van der Waals surface area contributed by atoms with Crippen LogP contribution >= 0.6 is 0 Å². The van der Waals surface area contributed by atoms with Crippen LogP contribution in [-0.4, -0.2) is 21.0 Å². The summed E-state index contributed by atoms with van der Waals surface area (Å²) >= 11 is 0. The summed E-state index contributed by atoms with van der Waals surface area (Å²) in [6.07, 6.45) is -3.24. The second-order valence-electron chi connectivity index (χ2n) is 5.27. The van der Waals surface area contributed by atoms with Gasteiger partial charge in [-0.15, -0.1) is 0 Å². The minimum atomic E-state index is -4.40. The summed E-state index contributed by atoms with van der Waals surface area (Å²) in [5.74, 6) is 0.494. The van der Waals surface area contributed by atoms with Crippen LogP contribution < -0.4 is 10.6 Å². The van der Waals surface area contributed by atoms with Crippen LogP contribution in [0.25, 0.3) is 0 Å². The topological polar surface area (TPSA) is 92.9 Å². The third-order valence-electron chi connectivity index (χ3n) is 3.25. The number of amides is 1. The van der Waals surface area contributed by atoms with Gasteiger partial charge in [0, 0.05) is 17.8 Å². The van der Waals surface area contributed by atoms with E-state index < -0.39 is 17.6 Å². The van der Waals surface area contributed by atoms with Crippen LogP contribution in [0.2, 0.25) is 0 Å². The lowest BCUT2D eigenvalue weighted by Gasteiger charge is -2.09. The molecule has 0 unspecified atom stereocenters. The minimum absolute atomic E-state index is 0.0510. The van der Waals surface area contributed by atoms with Gasteiger partial charge >= 0.3 is 6.18 Å². The van der Waals surface area contributed by atoms with Gasteiger partial charge in [-0.2, -0.15) is 13.2 Å². The number of carbonyl (C=O) groups is 1. The largest absolute Gasteiger partial charge is 0.416 e. The summed E-state index contributed by atoms with van der Waals surface area (Å²) in [6.45, 7) is 1.68. The van der Waals surface area contributed by atoms with E-state index in [-0.39, 0.29) is 17.3 Å². The molecule has 0 fully saturated rings. The van der Waals surface area contributed by atoms with Crippen LogP contribution in [0.1, 0.15) is 21.8 Å². The van der Waals surface area contributed by atoms with Gasteiger partial charge in [0.05, 0.1) is 5.56 Å². The van der Waals surface area contributed by atoms with Gasteiger partial charge in [-0.3, -0.25) is 4.79 Å². The van der Waals surface area contributed by atoms with E-state index in [4.69, 9.17) is 4.52 Å². The number of halogens is 3. The molecule has 0 radical (unpaired) electrons. The van der Waals surface area contributed by atoms with Crippen molar-refractivity contribution in [2.45, 2.75) is 13.1 Å². The number of anilines is 3. The zero-order valence-electron chi connectivity index (χ0n) is 13.3. The predicted octanol–water partition coefficient (Wildman–Crippen LogP) is 3.79. The van der Waals surface area contributed by atoms with Gasteiger partial charge in [0.15, 0.2) is 5.82 Å². The molecule has 0 spiro atoms. The van der Waals surface area contributed by atoms with Crippen molar-refractivity contribution >= 4 is 23.2 Å². The molecule has 0 aliphatic rings. The molecule has 0 aliphatic carbocycles. The number of benzene rings is 1. The van der Waals surface area contributed by atoms with Gasteiger partial charge in [0.2, 0.25) is 0 Å². The van der Waals surface area contributed by atoms with E-state index in [1.807, 2.05) is 0 Å². The Labute approximate surface area is 145 Å². The minimum Gasteiger partial charge on any atom is -0.360 e.